The SMILES string of the molecule is CCC(C)C(NC)C1=CCCO1. The number of nitrogens with one attached hydrogen (secondary N) is 1. The molecule has 2 atom stereocenters. The van der Waals surface area contributed by atoms with Gasteiger partial charge in [-0.3, -0.25) is 0 Å². The molecular weight excluding hydrogens is 150 g/mol. The molecule has 1 heterocycles. The quantitative estimate of drug-likeness (QED) is 0.694. The molecule has 0 saturated carbocycles. The fraction of sp³-hybridized carbons (Fsp3) is 0.800. The Bertz CT molecular complexity index is 165. The van der Waals surface area contributed by atoms with Crippen molar-refractivity contribution in [1.82, 2.24) is 5.32 Å². The van der Waals surface area contributed by atoms with Gasteiger partial charge in [-0.1, -0.05) is 20.3 Å². The summed E-state index contributed by atoms with van der Waals surface area (Å²) in [5.74, 6) is 1.80. The Morgan fingerprint density at radius 1 is 1.67 bits per heavy atom. The van der Waals surface area contributed by atoms with Crippen LogP contribution >= 0.6 is 0 Å². The van der Waals surface area contributed by atoms with Crippen molar-refractivity contribution >= 4 is 0 Å². The molecule has 0 aliphatic carbocycles. The molecule has 0 amide bonds. The fourth-order valence-corrected chi connectivity index (χ4v) is 1.60. The van der Waals surface area contributed by atoms with E-state index in [0.29, 0.717) is 12.0 Å². The van der Waals surface area contributed by atoms with E-state index >= 15 is 0 Å². The lowest BCUT2D eigenvalue weighted by Gasteiger charge is -2.23. The number of likely N-dealkylation sites (N-methyl/N-ethyl adjacent to an activating group) is 1. The van der Waals surface area contributed by atoms with E-state index < -0.39 is 0 Å². The molecule has 0 radical (unpaired) electrons. The predicted molar refractivity (Wildman–Crippen MR) is 51.0 cm³/mol. The van der Waals surface area contributed by atoms with E-state index in [9.17, 15) is 0 Å². The van der Waals surface area contributed by atoms with Crippen molar-refractivity contribution in [2.75, 3.05) is 13.7 Å². The minimum Gasteiger partial charge on any atom is -0.496 e. The van der Waals surface area contributed by atoms with Crippen molar-refractivity contribution in [1.29, 1.82) is 0 Å². The van der Waals surface area contributed by atoms with Crippen LogP contribution in [-0.2, 0) is 4.74 Å². The molecule has 0 spiro atoms. The standard InChI is InChI=1S/C10H19NO/c1-4-8(2)10(11-3)9-6-5-7-12-9/h6,8,10-11H,4-5,7H2,1-3H3. The highest BCUT2D eigenvalue weighted by molar-refractivity contribution is 5.08. The zero-order valence-corrected chi connectivity index (χ0v) is 8.26. The van der Waals surface area contributed by atoms with Gasteiger partial charge in [0.1, 0.15) is 5.76 Å². The maximum absolute atomic E-state index is 5.53. The molecule has 0 bridgehead atoms. The van der Waals surface area contributed by atoms with E-state index in [2.05, 4.69) is 25.2 Å². The number of rotatable bonds is 4. The number of hydrogen-bond acceptors (Lipinski definition) is 2. The summed E-state index contributed by atoms with van der Waals surface area (Å²) >= 11 is 0. The second kappa shape index (κ2) is 4.51. The van der Waals surface area contributed by atoms with Gasteiger partial charge in [-0.05, 0) is 19.0 Å². The third-order valence-electron chi connectivity index (χ3n) is 2.56. The van der Waals surface area contributed by atoms with Crippen LogP contribution in [-0.4, -0.2) is 19.7 Å². The number of hydrogen-bond donors (Lipinski definition) is 1. The van der Waals surface area contributed by atoms with Crippen molar-refractivity contribution in [2.24, 2.45) is 5.92 Å². The third kappa shape index (κ3) is 2.01. The maximum Gasteiger partial charge on any atom is 0.109 e. The highest BCUT2D eigenvalue weighted by Crippen LogP contribution is 2.20. The summed E-state index contributed by atoms with van der Waals surface area (Å²) < 4.78 is 5.53. The van der Waals surface area contributed by atoms with E-state index in [4.69, 9.17) is 4.74 Å². The van der Waals surface area contributed by atoms with Crippen LogP contribution in [0.15, 0.2) is 11.8 Å². The van der Waals surface area contributed by atoms with Crippen LogP contribution in [0, 0.1) is 5.92 Å². The molecule has 1 aliphatic heterocycles. The maximum atomic E-state index is 5.53. The normalized spacial score (nSPS) is 21.4. The molecule has 0 aromatic carbocycles. The highest BCUT2D eigenvalue weighted by Gasteiger charge is 2.21. The van der Waals surface area contributed by atoms with Crippen molar-refractivity contribution in [3.05, 3.63) is 11.8 Å². The first-order chi connectivity index (χ1) is 5.79. The predicted octanol–water partition coefficient (Wildman–Crippen LogP) is 1.92. The molecule has 12 heavy (non-hydrogen) atoms. The van der Waals surface area contributed by atoms with Gasteiger partial charge in [0.25, 0.3) is 0 Å². The van der Waals surface area contributed by atoms with E-state index in [0.717, 1.165) is 18.8 Å². The second-order valence-corrected chi connectivity index (χ2v) is 3.40. The molecule has 2 heteroatoms. The fourth-order valence-electron chi connectivity index (χ4n) is 1.60. The van der Waals surface area contributed by atoms with Crippen LogP contribution in [0.25, 0.3) is 0 Å². The Kier molecular flexibility index (Phi) is 3.60. The average molecular weight is 169 g/mol. The Balaban J connectivity index is 2.54. The molecule has 2 unspecified atom stereocenters. The van der Waals surface area contributed by atoms with Gasteiger partial charge in [-0.25, -0.2) is 0 Å². The van der Waals surface area contributed by atoms with Crippen LogP contribution in [0.3, 0.4) is 0 Å². The van der Waals surface area contributed by atoms with Crippen molar-refractivity contribution in [3.8, 4) is 0 Å². The Labute approximate surface area is 75.0 Å². The van der Waals surface area contributed by atoms with Crippen LogP contribution in [0.4, 0.5) is 0 Å². The topological polar surface area (TPSA) is 21.3 Å². The number of ether oxygens (including phenoxy) is 1. The highest BCUT2D eigenvalue weighted by atomic mass is 16.5. The average Bonchev–Trinajstić information content (AvgIpc) is 2.58. The van der Waals surface area contributed by atoms with Gasteiger partial charge < -0.3 is 10.1 Å². The molecular formula is C10H19NO. The lowest BCUT2D eigenvalue weighted by Crippen LogP contribution is -2.33. The summed E-state index contributed by atoms with van der Waals surface area (Å²) in [7, 11) is 2.00. The zero-order chi connectivity index (χ0) is 8.97. The van der Waals surface area contributed by atoms with E-state index in [-0.39, 0.29) is 0 Å². The first kappa shape index (κ1) is 9.59. The van der Waals surface area contributed by atoms with E-state index in [1.807, 2.05) is 7.05 Å². The van der Waals surface area contributed by atoms with Gasteiger partial charge in [0.2, 0.25) is 0 Å². The Morgan fingerprint density at radius 3 is 2.83 bits per heavy atom. The van der Waals surface area contributed by atoms with Crippen molar-refractivity contribution < 1.29 is 4.74 Å². The van der Waals surface area contributed by atoms with Crippen LogP contribution in [0.2, 0.25) is 0 Å². The zero-order valence-electron chi connectivity index (χ0n) is 8.26. The van der Waals surface area contributed by atoms with Crippen molar-refractivity contribution in [2.45, 2.75) is 32.7 Å². The Morgan fingerprint density at radius 2 is 2.42 bits per heavy atom. The summed E-state index contributed by atoms with van der Waals surface area (Å²) in [6.07, 6.45) is 4.46. The first-order valence-electron chi connectivity index (χ1n) is 4.79. The van der Waals surface area contributed by atoms with E-state index in [1.165, 1.54) is 6.42 Å². The van der Waals surface area contributed by atoms with Gasteiger partial charge >= 0.3 is 0 Å². The van der Waals surface area contributed by atoms with Crippen LogP contribution in [0.5, 0.6) is 0 Å². The molecule has 0 fully saturated rings. The summed E-state index contributed by atoms with van der Waals surface area (Å²) in [5, 5.41) is 3.30. The molecule has 1 rings (SSSR count). The molecule has 0 aromatic rings. The lowest BCUT2D eigenvalue weighted by atomic mass is 9.97. The lowest BCUT2D eigenvalue weighted by molar-refractivity contribution is 0.198. The summed E-state index contributed by atoms with van der Waals surface area (Å²) in [4.78, 5) is 0. The summed E-state index contributed by atoms with van der Waals surface area (Å²) in [6.45, 7) is 5.33. The first-order valence-corrected chi connectivity index (χ1v) is 4.79. The van der Waals surface area contributed by atoms with Gasteiger partial charge in [-0.15, -0.1) is 0 Å². The van der Waals surface area contributed by atoms with Crippen LogP contribution < -0.4 is 5.32 Å². The summed E-state index contributed by atoms with van der Waals surface area (Å²) in [6, 6.07) is 0.414. The van der Waals surface area contributed by atoms with Gasteiger partial charge in [-0.2, -0.15) is 0 Å². The molecule has 0 saturated heterocycles. The van der Waals surface area contributed by atoms with Gasteiger partial charge in [0, 0.05) is 6.42 Å². The molecule has 0 aromatic heterocycles. The largest absolute Gasteiger partial charge is 0.496 e. The minimum absolute atomic E-state index is 0.414. The van der Waals surface area contributed by atoms with Gasteiger partial charge in [0.05, 0.1) is 12.6 Å². The van der Waals surface area contributed by atoms with Crippen LogP contribution in [0.1, 0.15) is 26.7 Å². The molecule has 2 nitrogen and oxygen atoms in total. The Hall–Kier alpha value is -0.500. The van der Waals surface area contributed by atoms with E-state index in [1.54, 1.807) is 0 Å². The van der Waals surface area contributed by atoms with Crippen molar-refractivity contribution in [3.63, 3.8) is 0 Å². The van der Waals surface area contributed by atoms with Gasteiger partial charge in [0.15, 0.2) is 0 Å². The minimum atomic E-state index is 0.414. The molecule has 1 N–H and O–H groups in total. The monoisotopic (exact) mass is 169 g/mol. The molecule has 70 valence electrons. The summed E-state index contributed by atoms with van der Waals surface area (Å²) in [5.41, 5.74) is 0. The third-order valence-corrected chi connectivity index (χ3v) is 2.56. The second-order valence-electron chi connectivity index (χ2n) is 3.40. The molecule has 1 aliphatic rings. The smallest absolute Gasteiger partial charge is 0.109 e.